The molecule has 0 saturated carbocycles. The van der Waals surface area contributed by atoms with Gasteiger partial charge in [0, 0.05) is 19.3 Å². The van der Waals surface area contributed by atoms with Crippen molar-refractivity contribution in [3.63, 3.8) is 0 Å². The van der Waals surface area contributed by atoms with Crippen molar-refractivity contribution in [2.75, 3.05) is 36.5 Å². The summed E-state index contributed by atoms with van der Waals surface area (Å²) in [5, 5.41) is 9.36. The highest BCUT2D eigenvalue weighted by molar-refractivity contribution is 6.01. The summed E-state index contributed by atoms with van der Waals surface area (Å²) < 4.78 is 5.26. The van der Waals surface area contributed by atoms with Crippen LogP contribution in [0.1, 0.15) is 10.5 Å². The number of aromatic nitrogens is 5. The van der Waals surface area contributed by atoms with Gasteiger partial charge < -0.3 is 9.64 Å². The number of hydrogen-bond donors (Lipinski definition) is 2. The number of nitrogens with one attached hydrogen (secondary N) is 2. The van der Waals surface area contributed by atoms with Crippen molar-refractivity contribution in [3.05, 3.63) is 24.3 Å². The summed E-state index contributed by atoms with van der Waals surface area (Å²) in [6.45, 7) is 2.77. The summed E-state index contributed by atoms with van der Waals surface area (Å²) in [5.74, 6) is 0.471. The van der Waals surface area contributed by atoms with Crippen LogP contribution >= 0.6 is 0 Å². The largest absolute Gasteiger partial charge is 0.378 e. The van der Waals surface area contributed by atoms with E-state index in [1.54, 1.807) is 0 Å². The Balaban J connectivity index is 1.66. The van der Waals surface area contributed by atoms with Gasteiger partial charge in [-0.1, -0.05) is 0 Å². The molecule has 1 fully saturated rings. The van der Waals surface area contributed by atoms with Gasteiger partial charge in [-0.3, -0.25) is 10.1 Å². The van der Waals surface area contributed by atoms with Crippen molar-refractivity contribution in [3.8, 4) is 0 Å². The number of ether oxygens (including phenoxy) is 1. The van der Waals surface area contributed by atoms with E-state index >= 15 is 0 Å². The van der Waals surface area contributed by atoms with Gasteiger partial charge in [0.25, 0.3) is 5.91 Å². The molecule has 20 heavy (non-hydrogen) atoms. The molecule has 2 N–H and O–H groups in total. The van der Waals surface area contributed by atoms with Crippen LogP contribution in [0, 0.1) is 0 Å². The van der Waals surface area contributed by atoms with Crippen LogP contribution < -0.4 is 10.2 Å². The molecule has 3 rings (SSSR count). The highest BCUT2D eigenvalue weighted by Gasteiger charge is 2.16. The zero-order chi connectivity index (χ0) is 13.8. The van der Waals surface area contributed by atoms with Crippen LogP contribution in [0.15, 0.2) is 18.6 Å². The van der Waals surface area contributed by atoms with Crippen LogP contribution in [-0.2, 0) is 4.74 Å². The van der Waals surface area contributed by atoms with Gasteiger partial charge in [-0.05, 0) is 6.07 Å². The predicted octanol–water partition coefficient (Wildman–Crippen LogP) is -0.316. The summed E-state index contributed by atoms with van der Waals surface area (Å²) in [6.07, 6.45) is 2.82. The summed E-state index contributed by atoms with van der Waals surface area (Å²) in [4.78, 5) is 25.7. The van der Waals surface area contributed by atoms with E-state index in [4.69, 9.17) is 4.74 Å². The van der Waals surface area contributed by atoms with Crippen LogP contribution in [-0.4, -0.2) is 57.4 Å². The maximum absolute atomic E-state index is 11.9. The number of aromatic amines is 1. The highest BCUT2D eigenvalue weighted by Crippen LogP contribution is 2.11. The summed E-state index contributed by atoms with van der Waals surface area (Å²) >= 11 is 0. The van der Waals surface area contributed by atoms with Gasteiger partial charge in [-0.2, -0.15) is 4.98 Å². The minimum Gasteiger partial charge on any atom is -0.378 e. The Morgan fingerprint density at radius 3 is 3.00 bits per heavy atom. The second kappa shape index (κ2) is 5.61. The first-order valence-corrected chi connectivity index (χ1v) is 6.15. The Kier molecular flexibility index (Phi) is 3.50. The fourth-order valence-electron chi connectivity index (χ4n) is 1.81. The molecule has 0 spiro atoms. The Labute approximate surface area is 114 Å². The zero-order valence-electron chi connectivity index (χ0n) is 10.6. The number of H-pyrrole nitrogens is 1. The van der Waals surface area contributed by atoms with Crippen LogP contribution in [0.4, 0.5) is 11.9 Å². The number of carbonyl (C=O) groups excluding carboxylic acids is 1. The van der Waals surface area contributed by atoms with Crippen LogP contribution in [0.5, 0.6) is 0 Å². The lowest BCUT2D eigenvalue weighted by Crippen LogP contribution is -2.36. The van der Waals surface area contributed by atoms with E-state index < -0.39 is 0 Å². The van der Waals surface area contributed by atoms with Crippen LogP contribution in [0.3, 0.4) is 0 Å². The molecule has 0 aromatic carbocycles. The molecule has 0 unspecified atom stereocenters. The molecular weight excluding hydrogens is 262 g/mol. The molecule has 0 radical (unpaired) electrons. The third kappa shape index (κ3) is 2.72. The van der Waals surface area contributed by atoms with Crippen molar-refractivity contribution < 1.29 is 9.53 Å². The van der Waals surface area contributed by atoms with E-state index in [9.17, 15) is 4.79 Å². The van der Waals surface area contributed by atoms with Crippen molar-refractivity contribution in [2.24, 2.45) is 0 Å². The first-order chi connectivity index (χ1) is 9.83. The molecule has 0 bridgehead atoms. The zero-order valence-corrected chi connectivity index (χ0v) is 10.6. The molecule has 2 aromatic heterocycles. The molecule has 2 aromatic rings. The number of carbonyl (C=O) groups is 1. The second-order valence-corrected chi connectivity index (χ2v) is 4.13. The molecule has 1 aliphatic heterocycles. The summed E-state index contributed by atoms with van der Waals surface area (Å²) in [6, 6.07) is 1.52. The standard InChI is InChI=1S/C11H13N7O2/c19-9(8-1-2-12-7-13-8)14-10-15-11(17-16-10)18-3-5-20-6-4-18/h1-2,7H,3-6H2,(H2,14,15,16,17,19). The van der Waals surface area contributed by atoms with Crippen molar-refractivity contribution in [2.45, 2.75) is 0 Å². The Morgan fingerprint density at radius 2 is 2.25 bits per heavy atom. The molecule has 104 valence electrons. The molecule has 1 aliphatic rings. The number of rotatable bonds is 3. The molecule has 0 atom stereocenters. The van der Waals surface area contributed by atoms with Crippen LogP contribution in [0.25, 0.3) is 0 Å². The average molecular weight is 275 g/mol. The predicted molar refractivity (Wildman–Crippen MR) is 69.4 cm³/mol. The second-order valence-electron chi connectivity index (χ2n) is 4.13. The quantitative estimate of drug-likeness (QED) is 0.790. The van der Waals surface area contributed by atoms with E-state index in [2.05, 4.69) is 30.5 Å². The molecule has 3 heterocycles. The maximum Gasteiger partial charge on any atom is 0.276 e. The number of anilines is 2. The first-order valence-electron chi connectivity index (χ1n) is 6.15. The van der Waals surface area contributed by atoms with Gasteiger partial charge in [-0.15, -0.1) is 5.10 Å². The third-order valence-corrected chi connectivity index (χ3v) is 2.81. The Bertz CT molecular complexity index is 579. The molecule has 1 saturated heterocycles. The van der Waals surface area contributed by atoms with Gasteiger partial charge in [0.05, 0.1) is 13.2 Å². The lowest BCUT2D eigenvalue weighted by atomic mass is 10.4. The highest BCUT2D eigenvalue weighted by atomic mass is 16.5. The Morgan fingerprint density at radius 1 is 1.40 bits per heavy atom. The monoisotopic (exact) mass is 275 g/mol. The first kappa shape index (κ1) is 12.5. The van der Waals surface area contributed by atoms with E-state index in [1.807, 2.05) is 4.90 Å². The minimum absolute atomic E-state index is 0.268. The minimum atomic E-state index is -0.364. The molecule has 9 nitrogen and oxygen atoms in total. The van der Waals surface area contributed by atoms with Gasteiger partial charge in [0.15, 0.2) is 0 Å². The fraction of sp³-hybridized carbons (Fsp3) is 0.364. The lowest BCUT2D eigenvalue weighted by Gasteiger charge is -2.25. The van der Waals surface area contributed by atoms with Gasteiger partial charge >= 0.3 is 0 Å². The molecule has 9 heteroatoms. The van der Waals surface area contributed by atoms with Crippen molar-refractivity contribution in [1.82, 2.24) is 25.1 Å². The normalized spacial score (nSPS) is 15.1. The SMILES string of the molecule is O=C(Nc1nc(N2CCOCC2)n[nH]1)c1ccncn1. The number of nitrogens with zero attached hydrogens (tertiary/aromatic N) is 5. The third-order valence-electron chi connectivity index (χ3n) is 2.81. The number of amides is 1. The van der Waals surface area contributed by atoms with Crippen molar-refractivity contribution >= 4 is 17.8 Å². The number of hydrogen-bond acceptors (Lipinski definition) is 7. The van der Waals surface area contributed by atoms with E-state index in [1.165, 1.54) is 18.6 Å². The molecule has 0 aliphatic carbocycles. The van der Waals surface area contributed by atoms with Gasteiger partial charge in [0.2, 0.25) is 11.9 Å². The van der Waals surface area contributed by atoms with E-state index in [0.717, 1.165) is 13.1 Å². The van der Waals surface area contributed by atoms with E-state index in [-0.39, 0.29) is 17.5 Å². The van der Waals surface area contributed by atoms with Crippen molar-refractivity contribution in [1.29, 1.82) is 0 Å². The summed E-state index contributed by atoms with van der Waals surface area (Å²) in [7, 11) is 0. The fourth-order valence-corrected chi connectivity index (χ4v) is 1.81. The molecular formula is C11H13N7O2. The lowest BCUT2D eigenvalue weighted by molar-refractivity contribution is 0.102. The Hall–Kier alpha value is -2.55. The van der Waals surface area contributed by atoms with E-state index in [0.29, 0.717) is 19.2 Å². The average Bonchev–Trinajstić information content (AvgIpc) is 2.97. The smallest absolute Gasteiger partial charge is 0.276 e. The molecule has 1 amide bonds. The van der Waals surface area contributed by atoms with Crippen LogP contribution in [0.2, 0.25) is 0 Å². The summed E-state index contributed by atoms with van der Waals surface area (Å²) in [5.41, 5.74) is 0.268. The van der Waals surface area contributed by atoms with Gasteiger partial charge in [0.1, 0.15) is 12.0 Å². The topological polar surface area (TPSA) is 109 Å². The maximum atomic E-state index is 11.9. The van der Waals surface area contributed by atoms with Gasteiger partial charge in [-0.25, -0.2) is 15.1 Å². The number of morpholine rings is 1.